The zero-order chi connectivity index (χ0) is 17.3. The van der Waals surface area contributed by atoms with Gasteiger partial charge in [-0.25, -0.2) is 0 Å². The van der Waals surface area contributed by atoms with E-state index in [1.54, 1.807) is 42.3 Å². The molecule has 24 heavy (non-hydrogen) atoms. The van der Waals surface area contributed by atoms with Gasteiger partial charge in [0.25, 0.3) is 5.69 Å². The van der Waals surface area contributed by atoms with Crippen molar-refractivity contribution in [3.8, 4) is 0 Å². The molecule has 2 heterocycles. The predicted molar refractivity (Wildman–Crippen MR) is 92.1 cm³/mol. The summed E-state index contributed by atoms with van der Waals surface area (Å²) in [6.07, 6.45) is 3.41. The number of pyridine rings is 1. The highest BCUT2D eigenvalue weighted by molar-refractivity contribution is 5.97. The van der Waals surface area contributed by atoms with E-state index >= 15 is 0 Å². The zero-order valence-electron chi connectivity index (χ0n) is 13.8. The van der Waals surface area contributed by atoms with Crippen LogP contribution in [-0.2, 0) is 4.79 Å². The van der Waals surface area contributed by atoms with Crippen molar-refractivity contribution < 1.29 is 9.72 Å². The van der Waals surface area contributed by atoms with Gasteiger partial charge in [0.05, 0.1) is 16.0 Å². The van der Waals surface area contributed by atoms with Crippen LogP contribution in [0.5, 0.6) is 0 Å². The molecule has 7 heteroatoms. The van der Waals surface area contributed by atoms with Gasteiger partial charge in [-0.15, -0.1) is 0 Å². The fraction of sp³-hybridized carbons (Fsp3) is 0.412. The molecule has 1 amide bonds. The van der Waals surface area contributed by atoms with Crippen LogP contribution in [0.15, 0.2) is 30.5 Å². The van der Waals surface area contributed by atoms with Crippen LogP contribution in [0.3, 0.4) is 0 Å². The Morgan fingerprint density at radius 1 is 1.33 bits per heavy atom. The van der Waals surface area contributed by atoms with E-state index in [-0.39, 0.29) is 22.6 Å². The number of fused-ring (bicyclic) bond motifs is 1. The topological polar surface area (TPSA) is 79.6 Å². The minimum absolute atomic E-state index is 0.0769. The largest absolute Gasteiger partial charge is 0.370 e. The molecule has 0 unspecified atom stereocenters. The molecule has 0 aliphatic carbocycles. The summed E-state index contributed by atoms with van der Waals surface area (Å²) in [5.41, 5.74) is 1.65. The first-order valence-electron chi connectivity index (χ1n) is 7.99. The molecule has 0 saturated carbocycles. The summed E-state index contributed by atoms with van der Waals surface area (Å²) in [7, 11) is 1.84. The number of nitro groups is 1. The molecule has 1 aliphatic heterocycles. The first-order valence-corrected chi connectivity index (χ1v) is 7.99. The number of benzene rings is 1. The summed E-state index contributed by atoms with van der Waals surface area (Å²) in [4.78, 5) is 30.7. The van der Waals surface area contributed by atoms with Crippen molar-refractivity contribution in [2.75, 3.05) is 25.0 Å². The van der Waals surface area contributed by atoms with Crippen molar-refractivity contribution in [1.29, 1.82) is 0 Å². The third-order valence-corrected chi connectivity index (χ3v) is 4.77. The molecule has 0 atom stereocenters. The zero-order valence-corrected chi connectivity index (χ0v) is 13.8. The smallest absolute Gasteiger partial charge is 0.278 e. The Hall–Kier alpha value is -2.70. The van der Waals surface area contributed by atoms with Crippen LogP contribution in [-0.4, -0.2) is 46.9 Å². The molecular weight excluding hydrogens is 308 g/mol. The van der Waals surface area contributed by atoms with Gasteiger partial charge in [-0.05, 0) is 31.0 Å². The van der Waals surface area contributed by atoms with Crippen LogP contribution < -0.4 is 4.90 Å². The summed E-state index contributed by atoms with van der Waals surface area (Å²) in [5, 5.41) is 11.8. The standard InChI is InChI=1S/C17H20N4O3/c1-12(22)19(2)13-7-10-20(11-8-13)16-6-5-15(21(23)24)14-4-3-9-18-17(14)16/h3-6,9,13H,7-8,10-11H2,1-2H3. The Morgan fingerprint density at radius 3 is 2.67 bits per heavy atom. The summed E-state index contributed by atoms with van der Waals surface area (Å²) in [6.45, 7) is 3.18. The molecule has 1 aliphatic rings. The number of rotatable bonds is 3. The van der Waals surface area contributed by atoms with Gasteiger partial charge in [-0.1, -0.05) is 0 Å². The van der Waals surface area contributed by atoms with E-state index in [0.29, 0.717) is 10.9 Å². The maximum absolute atomic E-state index is 11.5. The summed E-state index contributed by atoms with van der Waals surface area (Å²) in [6, 6.07) is 7.03. The average Bonchev–Trinajstić information content (AvgIpc) is 2.60. The first kappa shape index (κ1) is 16.2. The molecule has 0 radical (unpaired) electrons. The monoisotopic (exact) mass is 328 g/mol. The van der Waals surface area contributed by atoms with E-state index in [2.05, 4.69) is 9.88 Å². The fourth-order valence-corrected chi connectivity index (χ4v) is 3.31. The SMILES string of the molecule is CC(=O)N(C)C1CCN(c2ccc([N+](=O)[O-])c3cccnc23)CC1. The number of hydrogen-bond donors (Lipinski definition) is 0. The molecule has 0 N–H and O–H groups in total. The second-order valence-electron chi connectivity index (χ2n) is 6.11. The Labute approximate surface area is 140 Å². The Kier molecular flexibility index (Phi) is 4.33. The molecule has 1 aromatic carbocycles. The van der Waals surface area contributed by atoms with Gasteiger partial charge in [0.15, 0.2) is 0 Å². The van der Waals surface area contributed by atoms with Crippen molar-refractivity contribution in [2.24, 2.45) is 0 Å². The third kappa shape index (κ3) is 2.89. The number of hydrogen-bond acceptors (Lipinski definition) is 5. The molecule has 7 nitrogen and oxygen atoms in total. The molecule has 1 saturated heterocycles. The van der Waals surface area contributed by atoms with Crippen LogP contribution >= 0.6 is 0 Å². The van der Waals surface area contributed by atoms with Gasteiger partial charge >= 0.3 is 0 Å². The van der Waals surface area contributed by atoms with Crippen LogP contribution in [0.2, 0.25) is 0 Å². The normalized spacial score (nSPS) is 15.5. The van der Waals surface area contributed by atoms with Crippen molar-refractivity contribution in [1.82, 2.24) is 9.88 Å². The average molecular weight is 328 g/mol. The number of aromatic nitrogens is 1. The van der Waals surface area contributed by atoms with E-state index in [9.17, 15) is 14.9 Å². The predicted octanol–water partition coefficient (Wildman–Crippen LogP) is 2.59. The molecule has 0 spiro atoms. The third-order valence-electron chi connectivity index (χ3n) is 4.77. The lowest BCUT2D eigenvalue weighted by Crippen LogP contribution is -2.45. The van der Waals surface area contributed by atoms with E-state index in [1.807, 2.05) is 7.05 Å². The second-order valence-corrected chi connectivity index (χ2v) is 6.11. The van der Waals surface area contributed by atoms with Crippen molar-refractivity contribution in [2.45, 2.75) is 25.8 Å². The Morgan fingerprint density at radius 2 is 2.04 bits per heavy atom. The maximum atomic E-state index is 11.5. The molecule has 1 aromatic heterocycles. The fourth-order valence-electron chi connectivity index (χ4n) is 3.31. The molecule has 1 fully saturated rings. The highest BCUT2D eigenvalue weighted by Crippen LogP contribution is 2.33. The van der Waals surface area contributed by atoms with Crippen LogP contribution in [0.4, 0.5) is 11.4 Å². The number of carbonyl (C=O) groups excluding carboxylic acids is 1. The second kappa shape index (κ2) is 6.43. The van der Waals surface area contributed by atoms with E-state index in [0.717, 1.165) is 31.6 Å². The Balaban J connectivity index is 1.88. The molecule has 2 aromatic rings. The summed E-state index contributed by atoms with van der Waals surface area (Å²) in [5.74, 6) is 0.0795. The number of non-ortho nitro benzene ring substituents is 1. The lowest BCUT2D eigenvalue weighted by Gasteiger charge is -2.37. The lowest BCUT2D eigenvalue weighted by molar-refractivity contribution is -0.383. The molecule has 126 valence electrons. The van der Waals surface area contributed by atoms with Crippen LogP contribution in [0, 0.1) is 10.1 Å². The number of carbonyl (C=O) groups is 1. The number of anilines is 1. The summed E-state index contributed by atoms with van der Waals surface area (Å²) >= 11 is 0. The van der Waals surface area contributed by atoms with Crippen molar-refractivity contribution >= 4 is 28.2 Å². The number of nitrogens with zero attached hydrogens (tertiary/aromatic N) is 4. The Bertz CT molecular complexity index is 784. The highest BCUT2D eigenvalue weighted by Gasteiger charge is 2.26. The van der Waals surface area contributed by atoms with Crippen LogP contribution in [0.1, 0.15) is 19.8 Å². The van der Waals surface area contributed by atoms with E-state index in [4.69, 9.17) is 0 Å². The van der Waals surface area contributed by atoms with Crippen molar-refractivity contribution in [3.63, 3.8) is 0 Å². The number of piperidine rings is 1. The van der Waals surface area contributed by atoms with Gasteiger partial charge < -0.3 is 9.80 Å². The van der Waals surface area contributed by atoms with Gasteiger partial charge in [-0.2, -0.15) is 0 Å². The number of amides is 1. The van der Waals surface area contributed by atoms with Crippen molar-refractivity contribution in [3.05, 3.63) is 40.6 Å². The number of nitro benzene ring substituents is 1. The lowest BCUT2D eigenvalue weighted by atomic mass is 10.0. The highest BCUT2D eigenvalue weighted by atomic mass is 16.6. The minimum atomic E-state index is -0.373. The minimum Gasteiger partial charge on any atom is -0.370 e. The quantitative estimate of drug-likeness (QED) is 0.639. The molecule has 3 rings (SSSR count). The molecule has 0 bridgehead atoms. The van der Waals surface area contributed by atoms with Gasteiger partial charge in [-0.3, -0.25) is 19.9 Å². The maximum Gasteiger partial charge on any atom is 0.278 e. The van der Waals surface area contributed by atoms with Gasteiger partial charge in [0.2, 0.25) is 5.91 Å². The van der Waals surface area contributed by atoms with Gasteiger partial charge in [0, 0.05) is 45.4 Å². The molecular formula is C17H20N4O3. The van der Waals surface area contributed by atoms with Gasteiger partial charge in [0.1, 0.15) is 5.52 Å². The first-order chi connectivity index (χ1) is 11.5. The summed E-state index contributed by atoms with van der Waals surface area (Å²) < 4.78 is 0. The van der Waals surface area contributed by atoms with E-state index in [1.165, 1.54) is 0 Å². The van der Waals surface area contributed by atoms with E-state index < -0.39 is 0 Å². The van der Waals surface area contributed by atoms with Crippen LogP contribution in [0.25, 0.3) is 10.9 Å².